The van der Waals surface area contributed by atoms with E-state index < -0.39 is 17.4 Å². The Labute approximate surface area is 108 Å². The Bertz CT molecular complexity index is 309. The van der Waals surface area contributed by atoms with E-state index in [4.69, 9.17) is 5.11 Å². The van der Waals surface area contributed by atoms with Gasteiger partial charge in [0.05, 0.1) is 5.41 Å². The molecule has 0 aromatic heterocycles. The molecule has 0 saturated carbocycles. The number of carboxylic acids is 1. The topological polar surface area (TPSA) is 78.4 Å². The number of carbonyl (C=O) groups is 2. The Hall–Kier alpha value is -1.10. The fourth-order valence-electron chi connectivity index (χ4n) is 2.55. The molecule has 18 heavy (non-hydrogen) atoms. The molecule has 0 radical (unpaired) electrons. The van der Waals surface area contributed by atoms with Gasteiger partial charge in [-0.05, 0) is 25.3 Å². The third kappa shape index (κ3) is 3.22. The molecule has 104 valence electrons. The van der Waals surface area contributed by atoms with Gasteiger partial charge in [0, 0.05) is 6.54 Å². The SMILES string of the molecule is CCCC1(C(=O)N[C@H](C(=O)O)C(C)C)CCNC1. The molecule has 0 aromatic rings. The monoisotopic (exact) mass is 256 g/mol. The molecule has 1 aliphatic heterocycles. The summed E-state index contributed by atoms with van der Waals surface area (Å²) < 4.78 is 0. The van der Waals surface area contributed by atoms with E-state index in [1.54, 1.807) is 13.8 Å². The van der Waals surface area contributed by atoms with Crippen LogP contribution in [0, 0.1) is 11.3 Å². The summed E-state index contributed by atoms with van der Waals surface area (Å²) in [5.41, 5.74) is -0.419. The summed E-state index contributed by atoms with van der Waals surface area (Å²) in [7, 11) is 0. The molecule has 5 nitrogen and oxygen atoms in total. The summed E-state index contributed by atoms with van der Waals surface area (Å²) in [5, 5.41) is 15.0. The first-order valence-corrected chi connectivity index (χ1v) is 6.67. The van der Waals surface area contributed by atoms with Crippen LogP contribution in [0.5, 0.6) is 0 Å². The summed E-state index contributed by atoms with van der Waals surface area (Å²) in [6, 6.07) is -0.799. The maximum Gasteiger partial charge on any atom is 0.326 e. The smallest absolute Gasteiger partial charge is 0.326 e. The van der Waals surface area contributed by atoms with Crippen LogP contribution in [0.3, 0.4) is 0 Å². The van der Waals surface area contributed by atoms with E-state index in [9.17, 15) is 9.59 Å². The number of rotatable bonds is 6. The first-order chi connectivity index (χ1) is 8.43. The molecule has 0 spiro atoms. The Kier molecular flexibility index (Phi) is 5.14. The molecule has 5 heteroatoms. The molecule has 1 fully saturated rings. The van der Waals surface area contributed by atoms with Gasteiger partial charge in [0.2, 0.25) is 5.91 Å². The standard InChI is InChI=1S/C13H24N2O3/c1-4-5-13(6-7-14-8-13)12(18)15-10(9(2)3)11(16)17/h9-10,14H,4-8H2,1-3H3,(H,15,18)(H,16,17)/t10-,13?/m0/s1. The Balaban J connectivity index is 2.75. The zero-order valence-electron chi connectivity index (χ0n) is 11.5. The van der Waals surface area contributed by atoms with Crippen LogP contribution in [0.15, 0.2) is 0 Å². The lowest BCUT2D eigenvalue weighted by atomic mass is 9.81. The molecule has 0 aromatic carbocycles. The molecule has 1 saturated heterocycles. The van der Waals surface area contributed by atoms with Gasteiger partial charge in [0.15, 0.2) is 0 Å². The van der Waals surface area contributed by atoms with E-state index in [1.807, 2.05) is 6.92 Å². The van der Waals surface area contributed by atoms with Gasteiger partial charge < -0.3 is 15.7 Å². The Morgan fingerprint density at radius 3 is 2.50 bits per heavy atom. The third-order valence-electron chi connectivity index (χ3n) is 3.67. The van der Waals surface area contributed by atoms with Crippen LogP contribution in [0.25, 0.3) is 0 Å². The predicted octanol–water partition coefficient (Wildman–Crippen LogP) is 0.992. The van der Waals surface area contributed by atoms with Gasteiger partial charge in [0.1, 0.15) is 6.04 Å². The lowest BCUT2D eigenvalue weighted by Crippen LogP contribution is -2.51. The van der Waals surface area contributed by atoms with Crippen LogP contribution in [0.2, 0.25) is 0 Å². The van der Waals surface area contributed by atoms with Gasteiger partial charge in [-0.1, -0.05) is 27.2 Å². The highest BCUT2D eigenvalue weighted by Gasteiger charge is 2.41. The van der Waals surface area contributed by atoms with Crippen molar-refractivity contribution in [2.75, 3.05) is 13.1 Å². The molecule has 1 unspecified atom stereocenters. The Morgan fingerprint density at radius 1 is 1.44 bits per heavy atom. The summed E-state index contributed by atoms with van der Waals surface area (Å²) >= 11 is 0. The van der Waals surface area contributed by atoms with Crippen LogP contribution in [-0.4, -0.2) is 36.1 Å². The van der Waals surface area contributed by atoms with Crippen molar-refractivity contribution >= 4 is 11.9 Å². The van der Waals surface area contributed by atoms with E-state index >= 15 is 0 Å². The highest BCUT2D eigenvalue weighted by Crippen LogP contribution is 2.31. The van der Waals surface area contributed by atoms with E-state index in [0.717, 1.165) is 25.8 Å². The highest BCUT2D eigenvalue weighted by molar-refractivity contribution is 5.88. The number of hydrogen-bond acceptors (Lipinski definition) is 3. The van der Waals surface area contributed by atoms with E-state index in [2.05, 4.69) is 10.6 Å². The summed E-state index contributed by atoms with van der Waals surface area (Å²) in [6.45, 7) is 7.13. The lowest BCUT2D eigenvalue weighted by Gasteiger charge is -2.29. The van der Waals surface area contributed by atoms with Gasteiger partial charge in [-0.2, -0.15) is 0 Å². The Morgan fingerprint density at radius 2 is 2.11 bits per heavy atom. The zero-order chi connectivity index (χ0) is 13.8. The third-order valence-corrected chi connectivity index (χ3v) is 3.67. The number of hydrogen-bond donors (Lipinski definition) is 3. The molecule has 3 N–H and O–H groups in total. The van der Waals surface area contributed by atoms with Gasteiger partial charge in [-0.25, -0.2) is 4.79 Å². The maximum atomic E-state index is 12.4. The summed E-state index contributed by atoms with van der Waals surface area (Å²) in [4.78, 5) is 23.5. The van der Waals surface area contributed by atoms with Crippen molar-refractivity contribution in [1.82, 2.24) is 10.6 Å². The van der Waals surface area contributed by atoms with E-state index in [1.165, 1.54) is 0 Å². The molecule has 1 rings (SSSR count). The van der Waals surface area contributed by atoms with Crippen LogP contribution in [-0.2, 0) is 9.59 Å². The second kappa shape index (κ2) is 6.18. The largest absolute Gasteiger partial charge is 0.480 e. The number of carboxylic acid groups (broad SMARTS) is 1. The quantitative estimate of drug-likeness (QED) is 0.662. The molecule has 1 amide bonds. The zero-order valence-corrected chi connectivity index (χ0v) is 11.5. The van der Waals surface area contributed by atoms with E-state index in [0.29, 0.717) is 6.54 Å². The highest BCUT2D eigenvalue weighted by atomic mass is 16.4. The number of aliphatic carboxylic acids is 1. The van der Waals surface area contributed by atoms with Crippen molar-refractivity contribution in [3.63, 3.8) is 0 Å². The minimum Gasteiger partial charge on any atom is -0.480 e. The van der Waals surface area contributed by atoms with Crippen molar-refractivity contribution in [2.45, 2.75) is 46.1 Å². The second-order valence-corrected chi connectivity index (χ2v) is 5.49. The molecular formula is C13H24N2O3. The second-order valence-electron chi connectivity index (χ2n) is 5.49. The van der Waals surface area contributed by atoms with Crippen LogP contribution in [0.4, 0.5) is 0 Å². The van der Waals surface area contributed by atoms with Gasteiger partial charge in [-0.15, -0.1) is 0 Å². The van der Waals surface area contributed by atoms with Crippen molar-refractivity contribution < 1.29 is 14.7 Å². The number of amides is 1. The average Bonchev–Trinajstić information content (AvgIpc) is 2.75. The summed E-state index contributed by atoms with van der Waals surface area (Å²) in [6.07, 6.45) is 2.52. The molecule has 0 aliphatic carbocycles. The molecular weight excluding hydrogens is 232 g/mol. The minimum absolute atomic E-state index is 0.112. The molecule has 2 atom stereocenters. The predicted molar refractivity (Wildman–Crippen MR) is 69.2 cm³/mol. The van der Waals surface area contributed by atoms with Crippen LogP contribution < -0.4 is 10.6 Å². The van der Waals surface area contributed by atoms with Gasteiger partial charge in [0.25, 0.3) is 0 Å². The maximum absolute atomic E-state index is 12.4. The van der Waals surface area contributed by atoms with Crippen LogP contribution in [0.1, 0.15) is 40.0 Å². The molecule has 0 bridgehead atoms. The van der Waals surface area contributed by atoms with E-state index in [-0.39, 0.29) is 11.8 Å². The fraction of sp³-hybridized carbons (Fsp3) is 0.846. The summed E-state index contributed by atoms with van der Waals surface area (Å²) in [5.74, 6) is -1.19. The fourth-order valence-corrected chi connectivity index (χ4v) is 2.55. The minimum atomic E-state index is -0.962. The molecule has 1 aliphatic rings. The average molecular weight is 256 g/mol. The van der Waals surface area contributed by atoms with Crippen molar-refractivity contribution in [1.29, 1.82) is 0 Å². The number of carbonyl (C=O) groups excluding carboxylic acids is 1. The van der Waals surface area contributed by atoms with Crippen molar-refractivity contribution in [3.8, 4) is 0 Å². The van der Waals surface area contributed by atoms with Gasteiger partial charge >= 0.3 is 5.97 Å². The molecule has 1 heterocycles. The first kappa shape index (κ1) is 15.0. The van der Waals surface area contributed by atoms with Crippen LogP contribution >= 0.6 is 0 Å². The van der Waals surface area contributed by atoms with Crippen molar-refractivity contribution in [3.05, 3.63) is 0 Å². The number of nitrogens with one attached hydrogen (secondary N) is 2. The lowest BCUT2D eigenvalue weighted by molar-refractivity contribution is -0.145. The van der Waals surface area contributed by atoms with Gasteiger partial charge in [-0.3, -0.25) is 4.79 Å². The van der Waals surface area contributed by atoms with Crippen molar-refractivity contribution in [2.24, 2.45) is 11.3 Å². The first-order valence-electron chi connectivity index (χ1n) is 6.67. The normalized spacial score (nSPS) is 25.1.